The number of carbonyl (C=O) groups is 2. The van der Waals surface area contributed by atoms with Crippen LogP contribution in [0.25, 0.3) is 0 Å². The van der Waals surface area contributed by atoms with Crippen molar-refractivity contribution in [2.24, 2.45) is 11.8 Å². The number of ketones is 1. The lowest BCUT2D eigenvalue weighted by Gasteiger charge is -2.16. The smallest absolute Gasteiger partial charge is 0.234 e. The molecule has 0 bridgehead atoms. The van der Waals surface area contributed by atoms with Crippen molar-refractivity contribution in [2.75, 3.05) is 6.54 Å². The Morgan fingerprint density at radius 3 is 2.61 bits per heavy atom. The van der Waals surface area contributed by atoms with E-state index in [2.05, 4.69) is 6.58 Å². The number of likely N-dealkylation sites (tertiary alicyclic amines) is 1. The average Bonchev–Trinajstić information content (AvgIpc) is 2.67. The van der Waals surface area contributed by atoms with E-state index in [1.807, 2.05) is 30.3 Å². The maximum atomic E-state index is 12.2. The first kappa shape index (κ1) is 12.6. The lowest BCUT2D eigenvalue weighted by molar-refractivity contribution is -0.136. The lowest BCUT2D eigenvalue weighted by Crippen LogP contribution is -2.29. The standard InChI is InChI=1S/C15H17NO2/c1-3-13-10-16(15(18)14(13)11(2)17)9-12-7-5-4-6-8-12/h3-8,13-14H,1,9-10H2,2H3/t13-,14+/m0/s1. The largest absolute Gasteiger partial charge is 0.337 e. The molecule has 0 N–H and O–H groups in total. The van der Waals surface area contributed by atoms with E-state index in [1.54, 1.807) is 11.0 Å². The highest BCUT2D eigenvalue weighted by Gasteiger charge is 2.41. The summed E-state index contributed by atoms with van der Waals surface area (Å²) in [5.74, 6) is -0.735. The third kappa shape index (κ3) is 2.35. The Kier molecular flexibility index (Phi) is 3.60. The van der Waals surface area contributed by atoms with E-state index in [9.17, 15) is 9.59 Å². The van der Waals surface area contributed by atoms with Gasteiger partial charge in [-0.2, -0.15) is 0 Å². The number of hydrogen-bond donors (Lipinski definition) is 0. The van der Waals surface area contributed by atoms with Gasteiger partial charge >= 0.3 is 0 Å². The summed E-state index contributed by atoms with van der Waals surface area (Å²) in [4.78, 5) is 25.5. The molecule has 1 aromatic carbocycles. The predicted molar refractivity (Wildman–Crippen MR) is 69.7 cm³/mol. The van der Waals surface area contributed by atoms with Crippen molar-refractivity contribution in [1.29, 1.82) is 0 Å². The first-order chi connectivity index (χ1) is 8.63. The highest BCUT2D eigenvalue weighted by atomic mass is 16.2. The van der Waals surface area contributed by atoms with Gasteiger partial charge in [0.05, 0.1) is 0 Å². The summed E-state index contributed by atoms with van der Waals surface area (Å²) < 4.78 is 0. The van der Waals surface area contributed by atoms with Gasteiger partial charge < -0.3 is 4.90 Å². The van der Waals surface area contributed by atoms with E-state index >= 15 is 0 Å². The van der Waals surface area contributed by atoms with Crippen molar-refractivity contribution in [3.05, 3.63) is 48.6 Å². The second kappa shape index (κ2) is 5.17. The number of amides is 1. The number of nitrogens with zero attached hydrogens (tertiary/aromatic N) is 1. The van der Waals surface area contributed by atoms with Crippen LogP contribution in [0.4, 0.5) is 0 Å². The summed E-state index contributed by atoms with van der Waals surface area (Å²) >= 11 is 0. The van der Waals surface area contributed by atoms with Gasteiger partial charge in [-0.1, -0.05) is 36.4 Å². The molecule has 1 heterocycles. The van der Waals surface area contributed by atoms with Gasteiger partial charge in [0.15, 0.2) is 0 Å². The van der Waals surface area contributed by atoms with E-state index in [0.29, 0.717) is 13.1 Å². The summed E-state index contributed by atoms with van der Waals surface area (Å²) in [6, 6.07) is 9.81. The number of benzene rings is 1. The molecule has 1 saturated heterocycles. The molecule has 0 aliphatic carbocycles. The highest BCUT2D eigenvalue weighted by Crippen LogP contribution is 2.27. The molecule has 3 nitrogen and oxygen atoms in total. The Labute approximate surface area is 107 Å². The minimum atomic E-state index is -0.536. The summed E-state index contributed by atoms with van der Waals surface area (Å²) in [5, 5.41) is 0. The maximum Gasteiger partial charge on any atom is 0.234 e. The quantitative estimate of drug-likeness (QED) is 0.599. The van der Waals surface area contributed by atoms with Gasteiger partial charge in [-0.25, -0.2) is 0 Å². The number of carbonyl (C=O) groups excluding carboxylic acids is 2. The molecule has 18 heavy (non-hydrogen) atoms. The third-order valence-corrected chi connectivity index (χ3v) is 3.39. The van der Waals surface area contributed by atoms with Gasteiger partial charge in [-0.15, -0.1) is 6.58 Å². The molecule has 94 valence electrons. The van der Waals surface area contributed by atoms with E-state index < -0.39 is 5.92 Å². The molecule has 0 unspecified atom stereocenters. The van der Waals surface area contributed by atoms with Crippen LogP contribution >= 0.6 is 0 Å². The summed E-state index contributed by atoms with van der Waals surface area (Å²) in [5.41, 5.74) is 1.08. The van der Waals surface area contributed by atoms with Crippen LogP contribution in [0, 0.1) is 11.8 Å². The Morgan fingerprint density at radius 2 is 2.11 bits per heavy atom. The van der Waals surface area contributed by atoms with Gasteiger partial charge in [-0.05, 0) is 12.5 Å². The van der Waals surface area contributed by atoms with Crippen molar-refractivity contribution in [3.63, 3.8) is 0 Å². The van der Waals surface area contributed by atoms with Gasteiger partial charge in [0, 0.05) is 19.0 Å². The minimum Gasteiger partial charge on any atom is -0.337 e. The summed E-state index contributed by atoms with van der Waals surface area (Å²) in [7, 11) is 0. The Balaban J connectivity index is 2.14. The molecule has 1 fully saturated rings. The van der Waals surface area contributed by atoms with Gasteiger partial charge in [0.1, 0.15) is 11.7 Å². The average molecular weight is 243 g/mol. The predicted octanol–water partition coefficient (Wildman–Crippen LogP) is 2.04. The van der Waals surface area contributed by atoms with Crippen molar-refractivity contribution < 1.29 is 9.59 Å². The van der Waals surface area contributed by atoms with Gasteiger partial charge in [0.25, 0.3) is 0 Å². The summed E-state index contributed by atoms with van der Waals surface area (Å²) in [6.45, 7) is 6.35. The zero-order valence-corrected chi connectivity index (χ0v) is 10.5. The first-order valence-corrected chi connectivity index (χ1v) is 6.09. The fourth-order valence-electron chi connectivity index (χ4n) is 2.46. The van der Waals surface area contributed by atoms with Crippen LogP contribution in [0.2, 0.25) is 0 Å². The molecule has 1 aromatic rings. The monoisotopic (exact) mass is 243 g/mol. The van der Waals surface area contributed by atoms with Crippen LogP contribution in [0.1, 0.15) is 12.5 Å². The van der Waals surface area contributed by atoms with Crippen LogP contribution in [-0.2, 0) is 16.1 Å². The molecule has 0 spiro atoms. The SMILES string of the molecule is C=C[C@H]1CN(Cc2ccccc2)C(=O)[C@@H]1C(C)=O. The van der Waals surface area contributed by atoms with Crippen molar-refractivity contribution in [1.82, 2.24) is 4.90 Å². The molecular formula is C15H17NO2. The first-order valence-electron chi connectivity index (χ1n) is 6.09. The minimum absolute atomic E-state index is 0.0567. The molecule has 0 saturated carbocycles. The Morgan fingerprint density at radius 1 is 1.44 bits per heavy atom. The van der Waals surface area contributed by atoms with Crippen LogP contribution in [0.3, 0.4) is 0 Å². The van der Waals surface area contributed by atoms with Gasteiger partial charge in [0.2, 0.25) is 5.91 Å². The van der Waals surface area contributed by atoms with Crippen molar-refractivity contribution >= 4 is 11.7 Å². The summed E-state index contributed by atoms with van der Waals surface area (Å²) in [6.07, 6.45) is 1.72. The molecule has 2 atom stereocenters. The molecule has 1 aliphatic heterocycles. The molecule has 2 rings (SSSR count). The van der Waals surface area contributed by atoms with E-state index in [0.717, 1.165) is 5.56 Å². The zero-order valence-electron chi connectivity index (χ0n) is 10.5. The van der Waals surface area contributed by atoms with Crippen LogP contribution in [-0.4, -0.2) is 23.1 Å². The van der Waals surface area contributed by atoms with Crippen molar-refractivity contribution in [2.45, 2.75) is 13.5 Å². The number of Topliss-reactive ketones (excluding diaryl/α,β-unsaturated/α-hetero) is 1. The molecule has 1 amide bonds. The second-order valence-electron chi connectivity index (χ2n) is 4.69. The Bertz CT molecular complexity index is 467. The Hall–Kier alpha value is -1.90. The van der Waals surface area contributed by atoms with Crippen LogP contribution in [0.15, 0.2) is 43.0 Å². The number of hydrogen-bond acceptors (Lipinski definition) is 2. The fourth-order valence-corrected chi connectivity index (χ4v) is 2.46. The second-order valence-corrected chi connectivity index (χ2v) is 4.69. The third-order valence-electron chi connectivity index (χ3n) is 3.39. The molecule has 0 radical (unpaired) electrons. The normalized spacial score (nSPS) is 23.2. The maximum absolute atomic E-state index is 12.2. The van der Waals surface area contributed by atoms with E-state index in [-0.39, 0.29) is 17.6 Å². The van der Waals surface area contributed by atoms with Crippen molar-refractivity contribution in [3.8, 4) is 0 Å². The topological polar surface area (TPSA) is 37.4 Å². The van der Waals surface area contributed by atoms with E-state index in [4.69, 9.17) is 0 Å². The molecule has 1 aliphatic rings. The van der Waals surface area contributed by atoms with Gasteiger partial charge in [-0.3, -0.25) is 9.59 Å². The van der Waals surface area contributed by atoms with E-state index in [1.165, 1.54) is 6.92 Å². The molecular weight excluding hydrogens is 226 g/mol. The zero-order chi connectivity index (χ0) is 13.1. The van der Waals surface area contributed by atoms with Crippen LogP contribution in [0.5, 0.6) is 0 Å². The number of rotatable bonds is 4. The fraction of sp³-hybridized carbons (Fsp3) is 0.333. The molecule has 3 heteroatoms. The molecule has 0 aromatic heterocycles. The highest BCUT2D eigenvalue weighted by molar-refractivity contribution is 6.02. The lowest BCUT2D eigenvalue weighted by atomic mass is 9.92. The van der Waals surface area contributed by atoms with Crippen LogP contribution < -0.4 is 0 Å².